The number of carboxylic acids is 2. The van der Waals surface area contributed by atoms with Gasteiger partial charge >= 0.3 is 11.9 Å². The number of aromatic carboxylic acids is 1. The molecule has 0 amide bonds. The van der Waals surface area contributed by atoms with E-state index in [-0.39, 0.29) is 11.8 Å². The van der Waals surface area contributed by atoms with E-state index in [0.717, 1.165) is 79.5 Å². The third kappa shape index (κ3) is 6.11. The van der Waals surface area contributed by atoms with Crippen LogP contribution in [0.2, 0.25) is 0 Å². The maximum atomic E-state index is 12.5. The molecule has 0 aromatic heterocycles. The second kappa shape index (κ2) is 12.7. The molecule has 0 saturated carbocycles. The lowest BCUT2D eigenvalue weighted by Crippen LogP contribution is -2.32. The maximum absolute atomic E-state index is 12.5. The minimum Gasteiger partial charge on any atom is -0.481 e. The molecule has 1 aliphatic heterocycles. The Hall–Kier alpha value is -3.93. The van der Waals surface area contributed by atoms with Crippen LogP contribution >= 0.6 is 0 Å². The zero-order chi connectivity index (χ0) is 30.7. The summed E-state index contributed by atoms with van der Waals surface area (Å²) in [4.78, 5) is 30.8. The number of aliphatic imine (C=N–C) groups is 1. The number of fused-ring (bicyclic) bond motifs is 3. The van der Waals surface area contributed by atoms with Gasteiger partial charge in [0.05, 0.1) is 11.3 Å². The van der Waals surface area contributed by atoms with Crippen molar-refractivity contribution in [3.8, 4) is 0 Å². The average Bonchev–Trinajstić information content (AvgIpc) is 2.97. The van der Waals surface area contributed by atoms with Crippen molar-refractivity contribution in [1.82, 2.24) is 0 Å². The van der Waals surface area contributed by atoms with Gasteiger partial charge in [0.25, 0.3) is 0 Å². The second-order valence-corrected chi connectivity index (χ2v) is 12.6. The third-order valence-electron chi connectivity index (χ3n) is 9.23. The first-order chi connectivity index (χ1) is 20.6. The van der Waals surface area contributed by atoms with Crippen molar-refractivity contribution in [1.29, 1.82) is 0 Å². The fourth-order valence-corrected chi connectivity index (χ4v) is 6.84. The lowest BCUT2D eigenvalue weighted by Gasteiger charge is -2.42. The van der Waals surface area contributed by atoms with Crippen molar-refractivity contribution in [3.63, 3.8) is 0 Å². The van der Waals surface area contributed by atoms with E-state index >= 15 is 0 Å². The van der Waals surface area contributed by atoms with Crippen molar-refractivity contribution in [3.05, 3.63) is 93.1 Å². The van der Waals surface area contributed by atoms with E-state index in [4.69, 9.17) is 10.1 Å². The first-order valence-corrected chi connectivity index (χ1v) is 15.8. The summed E-state index contributed by atoms with van der Waals surface area (Å²) >= 11 is 0. The molecule has 226 valence electrons. The van der Waals surface area contributed by atoms with Crippen LogP contribution in [0.1, 0.15) is 105 Å². The van der Waals surface area contributed by atoms with E-state index in [2.05, 4.69) is 57.0 Å². The minimum absolute atomic E-state index is 0.198. The number of aliphatic carboxylic acids is 1. The number of carboxylic acid groups (broad SMARTS) is 2. The van der Waals surface area contributed by atoms with Crippen molar-refractivity contribution >= 4 is 28.9 Å². The van der Waals surface area contributed by atoms with Crippen LogP contribution in [-0.4, -0.2) is 48.0 Å². The molecule has 6 heteroatoms. The number of benzene rings is 2. The molecule has 0 bridgehead atoms. The van der Waals surface area contributed by atoms with Crippen LogP contribution in [0.15, 0.2) is 70.3 Å². The summed E-state index contributed by atoms with van der Waals surface area (Å²) in [7, 11) is 2.16. The Morgan fingerprint density at radius 1 is 1.00 bits per heavy atom. The standard InChI is InChI=1S/C37H44N2O4/c1-5-6-13-24-20-28-30(22-32(24)38-18-11-7-8-17-34(40)41)37(2,3)31-23-33-25(14-12-19-39(33)4)21-29(31)35(28)26-15-9-10-16-27(26)36(42)43/h9-10,15-16,20-23H,5-8,11-14,17-19H2,1-4H3,(H,40,41)(H,42,43)/b38-32+. The van der Waals surface area contributed by atoms with Gasteiger partial charge in [0, 0.05) is 37.7 Å². The first kappa shape index (κ1) is 30.5. The number of hydrogen-bond donors (Lipinski definition) is 2. The largest absolute Gasteiger partial charge is 0.481 e. The summed E-state index contributed by atoms with van der Waals surface area (Å²) in [6.07, 6.45) is 12.2. The smallest absolute Gasteiger partial charge is 0.336 e. The van der Waals surface area contributed by atoms with Crippen molar-refractivity contribution < 1.29 is 19.8 Å². The molecule has 0 fully saturated rings. The lowest BCUT2D eigenvalue weighted by atomic mass is 9.63. The second-order valence-electron chi connectivity index (χ2n) is 12.6. The highest BCUT2D eigenvalue weighted by Gasteiger charge is 2.40. The molecule has 43 heavy (non-hydrogen) atoms. The number of anilines is 1. The van der Waals surface area contributed by atoms with Gasteiger partial charge in [0.15, 0.2) is 0 Å². The monoisotopic (exact) mass is 580 g/mol. The Bertz CT molecular complexity index is 1560. The van der Waals surface area contributed by atoms with E-state index in [0.29, 0.717) is 18.5 Å². The van der Waals surface area contributed by atoms with Crippen LogP contribution in [-0.2, 0) is 16.6 Å². The highest BCUT2D eigenvalue weighted by molar-refractivity contribution is 6.13. The van der Waals surface area contributed by atoms with Crippen LogP contribution < -0.4 is 4.90 Å². The van der Waals surface area contributed by atoms with Gasteiger partial charge in [-0.05, 0) is 113 Å². The number of hydrogen-bond acceptors (Lipinski definition) is 4. The molecule has 0 atom stereocenters. The quantitative estimate of drug-likeness (QED) is 0.263. The van der Waals surface area contributed by atoms with E-state index < -0.39 is 11.9 Å². The van der Waals surface area contributed by atoms with Crippen molar-refractivity contribution in [2.45, 2.75) is 84.0 Å². The molecular formula is C37H44N2O4. The van der Waals surface area contributed by atoms with Gasteiger partial charge in [-0.1, -0.05) is 51.8 Å². The van der Waals surface area contributed by atoms with E-state index in [1.54, 1.807) is 12.1 Å². The fraction of sp³-hybridized carbons (Fsp3) is 0.432. The van der Waals surface area contributed by atoms with E-state index in [9.17, 15) is 14.7 Å². The summed E-state index contributed by atoms with van der Waals surface area (Å²) in [5.74, 6) is -1.67. The summed E-state index contributed by atoms with van der Waals surface area (Å²) in [5, 5.41) is 19.2. The van der Waals surface area contributed by atoms with Crippen LogP contribution in [0.25, 0.3) is 5.57 Å². The van der Waals surface area contributed by atoms with Gasteiger partial charge in [-0.3, -0.25) is 9.79 Å². The van der Waals surface area contributed by atoms with Gasteiger partial charge in [0.1, 0.15) is 0 Å². The molecule has 2 aromatic rings. The van der Waals surface area contributed by atoms with E-state index in [1.807, 2.05) is 12.1 Å². The predicted molar refractivity (Wildman–Crippen MR) is 175 cm³/mol. The van der Waals surface area contributed by atoms with Crippen molar-refractivity contribution in [2.24, 2.45) is 4.99 Å². The van der Waals surface area contributed by atoms with Gasteiger partial charge in [0.2, 0.25) is 0 Å². The molecule has 2 aliphatic carbocycles. The molecule has 5 rings (SSSR count). The number of unbranched alkanes of at least 4 members (excludes halogenated alkanes) is 3. The SMILES string of the molecule is CCCCC1=CC2=C(c3ccccc3C(=O)O)c3cc4c(cc3C(C)(C)C2=C/C1=N\CCCCCC(=O)O)N(C)CCC4. The maximum Gasteiger partial charge on any atom is 0.336 e. The highest BCUT2D eigenvalue weighted by atomic mass is 16.4. The Balaban J connectivity index is 1.71. The molecule has 2 aromatic carbocycles. The number of nitrogens with zero attached hydrogens (tertiary/aromatic N) is 2. The average molecular weight is 581 g/mol. The molecular weight excluding hydrogens is 536 g/mol. The number of rotatable bonds is 11. The molecule has 0 saturated heterocycles. The Kier molecular flexibility index (Phi) is 9.05. The molecule has 1 heterocycles. The van der Waals surface area contributed by atoms with Gasteiger partial charge in [-0.2, -0.15) is 0 Å². The Labute approximate surface area is 255 Å². The Morgan fingerprint density at radius 3 is 2.53 bits per heavy atom. The highest BCUT2D eigenvalue weighted by Crippen LogP contribution is 2.52. The van der Waals surface area contributed by atoms with E-state index in [1.165, 1.54) is 28.0 Å². The number of carbonyl (C=O) groups is 2. The zero-order valence-electron chi connectivity index (χ0n) is 26.0. The van der Waals surface area contributed by atoms with Crippen LogP contribution in [0.3, 0.4) is 0 Å². The van der Waals surface area contributed by atoms with Gasteiger partial charge in [-0.15, -0.1) is 0 Å². The molecule has 0 radical (unpaired) electrons. The van der Waals surface area contributed by atoms with Crippen molar-refractivity contribution in [2.75, 3.05) is 25.0 Å². The van der Waals surface area contributed by atoms with Crippen LogP contribution in [0.5, 0.6) is 0 Å². The third-order valence-corrected chi connectivity index (χ3v) is 9.23. The molecule has 3 aliphatic rings. The lowest BCUT2D eigenvalue weighted by molar-refractivity contribution is -0.137. The predicted octanol–water partition coefficient (Wildman–Crippen LogP) is 8.00. The number of aryl methyl sites for hydroxylation is 1. The number of allylic oxidation sites excluding steroid dienone is 5. The molecule has 2 N–H and O–H groups in total. The zero-order valence-corrected chi connectivity index (χ0v) is 26.0. The summed E-state index contributed by atoms with van der Waals surface area (Å²) in [6.45, 7) is 8.43. The topological polar surface area (TPSA) is 90.2 Å². The minimum atomic E-state index is -0.922. The first-order valence-electron chi connectivity index (χ1n) is 15.8. The molecule has 0 spiro atoms. The normalized spacial score (nSPS) is 18.0. The Morgan fingerprint density at radius 2 is 1.79 bits per heavy atom. The summed E-state index contributed by atoms with van der Waals surface area (Å²) < 4.78 is 0. The van der Waals surface area contributed by atoms with Crippen LogP contribution in [0, 0.1) is 0 Å². The summed E-state index contributed by atoms with van der Waals surface area (Å²) in [5.41, 5.74) is 11.1. The van der Waals surface area contributed by atoms with Gasteiger partial charge in [-0.25, -0.2) is 4.79 Å². The molecule has 6 nitrogen and oxygen atoms in total. The van der Waals surface area contributed by atoms with Crippen LogP contribution in [0.4, 0.5) is 5.69 Å². The molecule has 0 unspecified atom stereocenters. The fourth-order valence-electron chi connectivity index (χ4n) is 6.84. The van der Waals surface area contributed by atoms with Gasteiger partial charge < -0.3 is 15.1 Å². The summed E-state index contributed by atoms with van der Waals surface area (Å²) in [6, 6.07) is 12.1.